The van der Waals surface area contributed by atoms with Crippen LogP contribution < -0.4 is 0 Å². The Hall–Kier alpha value is -7.03. The molecule has 0 bridgehead atoms. The molecule has 0 aliphatic rings. The summed E-state index contributed by atoms with van der Waals surface area (Å²) in [6.45, 7) is 0. The fraction of sp³-hybridized carbons (Fsp3) is 0. The molecule has 11 rings (SSSR count). The summed E-state index contributed by atoms with van der Waals surface area (Å²) in [5, 5.41) is 12.6. The molecule has 0 aliphatic heterocycles. The molecule has 0 atom stereocenters. The van der Waals surface area contributed by atoms with E-state index in [0.29, 0.717) is 0 Å². The lowest BCUT2D eigenvalue weighted by atomic mass is 9.83. The largest absolute Gasteiger partial charge is 0.292 e. The molecule has 53 heavy (non-hydrogen) atoms. The van der Waals surface area contributed by atoms with Crippen LogP contribution in [0.2, 0.25) is 0 Å². The molecule has 0 N–H and O–H groups in total. The molecule has 0 spiro atoms. The third-order valence-electron chi connectivity index (χ3n) is 11.0. The van der Waals surface area contributed by atoms with Crippen molar-refractivity contribution in [3.05, 3.63) is 194 Å². The monoisotopic (exact) mass is 672 g/mol. The van der Waals surface area contributed by atoms with Crippen molar-refractivity contribution < 1.29 is 0 Å². The maximum absolute atomic E-state index is 5.14. The second-order valence-corrected chi connectivity index (χ2v) is 13.9. The van der Waals surface area contributed by atoms with Crippen molar-refractivity contribution >= 4 is 64.9 Å². The minimum Gasteiger partial charge on any atom is -0.292 e. The van der Waals surface area contributed by atoms with Gasteiger partial charge in [0.15, 0.2) is 0 Å². The highest BCUT2D eigenvalue weighted by Gasteiger charge is 2.20. The highest BCUT2D eigenvalue weighted by atomic mass is 15.1. The maximum Gasteiger partial charge on any atom is 0.145 e. The van der Waals surface area contributed by atoms with Gasteiger partial charge in [-0.25, -0.2) is 4.98 Å². The van der Waals surface area contributed by atoms with Gasteiger partial charge in [-0.3, -0.25) is 4.57 Å². The van der Waals surface area contributed by atoms with Gasteiger partial charge in [-0.1, -0.05) is 164 Å². The van der Waals surface area contributed by atoms with Crippen molar-refractivity contribution in [2.24, 2.45) is 0 Å². The van der Waals surface area contributed by atoms with Crippen molar-refractivity contribution in [2.45, 2.75) is 0 Å². The van der Waals surface area contributed by atoms with Gasteiger partial charge in [0.25, 0.3) is 0 Å². The number of rotatable bonds is 4. The normalized spacial score (nSPS) is 11.8. The van der Waals surface area contributed by atoms with Gasteiger partial charge in [-0.15, -0.1) is 0 Å². The Bertz CT molecular complexity index is 3210. The molecule has 0 aliphatic carbocycles. The molecular weight excluding hydrogens is 641 g/mol. The van der Waals surface area contributed by atoms with E-state index in [1.807, 2.05) is 0 Å². The van der Waals surface area contributed by atoms with Crippen LogP contribution in [0.25, 0.3) is 104 Å². The Morgan fingerprint density at radius 2 is 0.887 bits per heavy atom. The number of benzene rings is 10. The van der Waals surface area contributed by atoms with Crippen LogP contribution in [0.4, 0.5) is 0 Å². The van der Waals surface area contributed by atoms with Gasteiger partial charge in [0, 0.05) is 11.3 Å². The molecule has 0 saturated carbocycles. The fourth-order valence-corrected chi connectivity index (χ4v) is 8.56. The van der Waals surface area contributed by atoms with Gasteiger partial charge < -0.3 is 0 Å². The molecule has 1 heterocycles. The van der Waals surface area contributed by atoms with Gasteiger partial charge in [0.1, 0.15) is 5.82 Å². The summed E-state index contributed by atoms with van der Waals surface area (Å²) < 4.78 is 2.27. The van der Waals surface area contributed by atoms with Crippen molar-refractivity contribution in [1.82, 2.24) is 9.55 Å². The number of aromatic nitrogens is 2. The number of imidazole rings is 1. The second kappa shape index (κ2) is 11.8. The van der Waals surface area contributed by atoms with Gasteiger partial charge >= 0.3 is 0 Å². The van der Waals surface area contributed by atoms with Gasteiger partial charge in [0.05, 0.1) is 11.0 Å². The molecular formula is C51H32N2. The number of nitrogens with zero attached hydrogens (tertiary/aromatic N) is 2. The predicted octanol–water partition coefficient (Wildman–Crippen LogP) is 13.8. The van der Waals surface area contributed by atoms with Crippen LogP contribution in [0.15, 0.2) is 194 Å². The maximum atomic E-state index is 5.14. The number of hydrogen-bond acceptors (Lipinski definition) is 1. The smallest absolute Gasteiger partial charge is 0.145 e. The van der Waals surface area contributed by atoms with E-state index >= 15 is 0 Å². The minimum absolute atomic E-state index is 0.934. The van der Waals surface area contributed by atoms with E-state index in [-0.39, 0.29) is 0 Å². The van der Waals surface area contributed by atoms with Crippen LogP contribution in [0, 0.1) is 0 Å². The van der Waals surface area contributed by atoms with Crippen molar-refractivity contribution in [3.63, 3.8) is 0 Å². The van der Waals surface area contributed by atoms with E-state index in [1.54, 1.807) is 0 Å². The SMILES string of the molecule is c1ccc(-n2c(-c3ccc(-c4c5ccccc5c(-c5ccc6ccc7ccccc7c6c5)c5c4ccc4ccccc45)cc3)nc3ccccc32)cc1. The van der Waals surface area contributed by atoms with E-state index in [4.69, 9.17) is 4.98 Å². The number of para-hydroxylation sites is 3. The molecule has 10 aromatic carbocycles. The van der Waals surface area contributed by atoms with Gasteiger partial charge in [-0.2, -0.15) is 0 Å². The molecule has 11 aromatic rings. The zero-order valence-electron chi connectivity index (χ0n) is 28.9. The Morgan fingerprint density at radius 1 is 0.340 bits per heavy atom. The Kier molecular flexibility index (Phi) is 6.59. The molecule has 0 radical (unpaired) electrons. The van der Waals surface area contributed by atoms with Crippen LogP contribution in [0.3, 0.4) is 0 Å². The zero-order valence-corrected chi connectivity index (χ0v) is 28.9. The van der Waals surface area contributed by atoms with Crippen molar-refractivity contribution in [1.29, 1.82) is 0 Å². The second-order valence-electron chi connectivity index (χ2n) is 13.9. The lowest BCUT2D eigenvalue weighted by Gasteiger charge is -2.20. The summed E-state index contributed by atoms with van der Waals surface area (Å²) in [4.78, 5) is 5.14. The zero-order chi connectivity index (χ0) is 34.9. The van der Waals surface area contributed by atoms with Gasteiger partial charge in [-0.05, 0) is 106 Å². The Balaban J connectivity index is 1.17. The highest BCUT2D eigenvalue weighted by molar-refractivity contribution is 6.28. The summed E-state index contributed by atoms with van der Waals surface area (Å²) in [6, 6.07) is 70.5. The quantitative estimate of drug-likeness (QED) is 0.134. The topological polar surface area (TPSA) is 17.8 Å². The summed E-state index contributed by atoms with van der Waals surface area (Å²) in [5.41, 5.74) is 9.19. The van der Waals surface area contributed by atoms with Crippen LogP contribution in [-0.2, 0) is 0 Å². The average molecular weight is 673 g/mol. The lowest BCUT2D eigenvalue weighted by Crippen LogP contribution is -1.97. The summed E-state index contributed by atoms with van der Waals surface area (Å²) in [7, 11) is 0. The first-order valence-corrected chi connectivity index (χ1v) is 18.2. The molecule has 246 valence electrons. The molecule has 1 aromatic heterocycles. The molecule has 2 nitrogen and oxygen atoms in total. The third-order valence-corrected chi connectivity index (χ3v) is 11.0. The number of hydrogen-bond donors (Lipinski definition) is 0. The van der Waals surface area contributed by atoms with E-state index in [1.165, 1.54) is 76.1 Å². The standard InChI is InChI=1S/C51H32N2/c1-2-14-39(15-3-1)53-47-21-11-10-20-46(47)52-51(53)37-27-25-36(26-28-37)48-42-18-8-9-19-43(42)49(50-41-17-7-5-13-34(41)30-31-44(48)50)38-29-24-35-23-22-33-12-4-6-16-40(33)45(35)32-38/h1-32H. The van der Waals surface area contributed by atoms with Gasteiger partial charge in [0.2, 0.25) is 0 Å². The molecule has 0 fully saturated rings. The van der Waals surface area contributed by atoms with Crippen LogP contribution in [0.1, 0.15) is 0 Å². The average Bonchev–Trinajstić information content (AvgIpc) is 3.63. The van der Waals surface area contributed by atoms with E-state index < -0.39 is 0 Å². The van der Waals surface area contributed by atoms with Crippen LogP contribution in [0.5, 0.6) is 0 Å². The first kappa shape index (κ1) is 29.7. The third kappa shape index (κ3) is 4.63. The van der Waals surface area contributed by atoms with E-state index in [2.05, 4.69) is 199 Å². The van der Waals surface area contributed by atoms with Crippen molar-refractivity contribution in [2.75, 3.05) is 0 Å². The molecule has 0 unspecified atom stereocenters. The van der Waals surface area contributed by atoms with E-state index in [9.17, 15) is 0 Å². The fourth-order valence-electron chi connectivity index (χ4n) is 8.56. The molecule has 2 heteroatoms. The Morgan fingerprint density at radius 3 is 1.68 bits per heavy atom. The summed E-state index contributed by atoms with van der Waals surface area (Å²) in [6.07, 6.45) is 0. The van der Waals surface area contributed by atoms with Crippen molar-refractivity contribution in [3.8, 4) is 39.3 Å². The lowest BCUT2D eigenvalue weighted by molar-refractivity contribution is 1.10. The van der Waals surface area contributed by atoms with Crippen LogP contribution in [-0.4, -0.2) is 9.55 Å². The molecule has 0 saturated heterocycles. The molecule has 0 amide bonds. The minimum atomic E-state index is 0.934. The first-order valence-electron chi connectivity index (χ1n) is 18.2. The Labute approximate surface area is 306 Å². The summed E-state index contributed by atoms with van der Waals surface area (Å²) in [5.74, 6) is 0.934. The van der Waals surface area contributed by atoms with Crippen LogP contribution >= 0.6 is 0 Å². The van der Waals surface area contributed by atoms with E-state index in [0.717, 1.165) is 28.1 Å². The first-order chi connectivity index (χ1) is 26.3. The predicted molar refractivity (Wildman–Crippen MR) is 225 cm³/mol. The number of fused-ring (bicyclic) bond motifs is 8. The summed E-state index contributed by atoms with van der Waals surface area (Å²) >= 11 is 0. The highest BCUT2D eigenvalue weighted by Crippen LogP contribution is 2.47.